The molecule has 0 aliphatic carbocycles. The van der Waals surface area contributed by atoms with Crippen LogP contribution in [0.15, 0.2) is 35.0 Å². The number of carbonyl (C=O) groups is 2. The Morgan fingerprint density at radius 2 is 2.10 bits per heavy atom. The van der Waals surface area contributed by atoms with Crippen LogP contribution in [0.4, 0.5) is 10.5 Å². The number of anilines is 1. The molecule has 21 heavy (non-hydrogen) atoms. The van der Waals surface area contributed by atoms with Gasteiger partial charge in [-0.2, -0.15) is 11.3 Å². The van der Waals surface area contributed by atoms with Gasteiger partial charge in [0, 0.05) is 11.6 Å². The molecule has 0 atom stereocenters. The molecule has 1 heterocycles. The van der Waals surface area contributed by atoms with Gasteiger partial charge in [0.1, 0.15) is 0 Å². The molecular formula is C14H13ClN2O3S. The Labute approximate surface area is 130 Å². The Morgan fingerprint density at radius 1 is 1.29 bits per heavy atom. The molecule has 1 aromatic heterocycles. The van der Waals surface area contributed by atoms with E-state index < -0.39 is 12.0 Å². The van der Waals surface area contributed by atoms with Gasteiger partial charge in [-0.3, -0.25) is 0 Å². The van der Waals surface area contributed by atoms with Crippen molar-refractivity contribution >= 4 is 40.6 Å². The van der Waals surface area contributed by atoms with Crippen LogP contribution in [0.3, 0.4) is 0 Å². The second kappa shape index (κ2) is 7.10. The summed E-state index contributed by atoms with van der Waals surface area (Å²) < 4.78 is 0. The van der Waals surface area contributed by atoms with Crippen LogP contribution in [0.5, 0.6) is 0 Å². The molecule has 0 bridgehead atoms. The van der Waals surface area contributed by atoms with Gasteiger partial charge in [-0.25, -0.2) is 9.59 Å². The Hall–Kier alpha value is -2.05. The molecule has 0 saturated heterocycles. The molecule has 2 amide bonds. The van der Waals surface area contributed by atoms with Crippen molar-refractivity contribution < 1.29 is 14.7 Å². The number of rotatable bonds is 5. The van der Waals surface area contributed by atoms with Crippen molar-refractivity contribution in [3.8, 4) is 0 Å². The van der Waals surface area contributed by atoms with E-state index in [1.54, 1.807) is 11.3 Å². The number of carboxylic acid groups (broad SMARTS) is 1. The first-order valence-electron chi connectivity index (χ1n) is 6.15. The normalized spacial score (nSPS) is 10.1. The molecule has 5 nitrogen and oxygen atoms in total. The van der Waals surface area contributed by atoms with Gasteiger partial charge in [-0.05, 0) is 47.0 Å². The third kappa shape index (κ3) is 4.47. The van der Waals surface area contributed by atoms with Crippen molar-refractivity contribution in [3.05, 3.63) is 51.2 Å². The van der Waals surface area contributed by atoms with Crippen LogP contribution in [-0.2, 0) is 6.42 Å². The zero-order valence-electron chi connectivity index (χ0n) is 10.9. The van der Waals surface area contributed by atoms with Crippen molar-refractivity contribution in [1.82, 2.24) is 5.32 Å². The summed E-state index contributed by atoms with van der Waals surface area (Å²) in [4.78, 5) is 22.8. The molecule has 3 N–H and O–H groups in total. The van der Waals surface area contributed by atoms with Gasteiger partial charge in [0.2, 0.25) is 0 Å². The molecule has 1 aromatic carbocycles. The maximum absolute atomic E-state index is 11.8. The molecule has 2 aromatic rings. The fraction of sp³-hybridized carbons (Fsp3) is 0.143. The van der Waals surface area contributed by atoms with Crippen LogP contribution < -0.4 is 10.6 Å². The first-order chi connectivity index (χ1) is 10.1. The maximum Gasteiger partial charge on any atom is 0.337 e. The zero-order chi connectivity index (χ0) is 15.2. The van der Waals surface area contributed by atoms with Crippen LogP contribution in [-0.4, -0.2) is 23.7 Å². The summed E-state index contributed by atoms with van der Waals surface area (Å²) in [5.74, 6) is -1.12. The molecule has 2 rings (SSSR count). The van der Waals surface area contributed by atoms with Gasteiger partial charge in [0.05, 0.1) is 11.3 Å². The number of amides is 2. The standard InChI is InChI=1S/C14H13ClN2O3S/c15-10-1-2-11(13(18)19)12(7-10)17-14(20)16-5-3-9-4-6-21-8-9/h1-2,4,6-8H,3,5H2,(H,18,19)(H2,16,17,20). The lowest BCUT2D eigenvalue weighted by Crippen LogP contribution is -2.31. The minimum Gasteiger partial charge on any atom is -0.478 e. The lowest BCUT2D eigenvalue weighted by Gasteiger charge is -2.10. The number of benzene rings is 1. The van der Waals surface area contributed by atoms with Gasteiger partial charge in [0.25, 0.3) is 0 Å². The molecular weight excluding hydrogens is 312 g/mol. The average molecular weight is 325 g/mol. The van der Waals surface area contributed by atoms with E-state index in [-0.39, 0.29) is 11.3 Å². The highest BCUT2D eigenvalue weighted by molar-refractivity contribution is 7.07. The Bertz CT molecular complexity index is 644. The van der Waals surface area contributed by atoms with Crippen LogP contribution in [0, 0.1) is 0 Å². The fourth-order valence-electron chi connectivity index (χ4n) is 1.73. The highest BCUT2D eigenvalue weighted by atomic mass is 35.5. The van der Waals surface area contributed by atoms with E-state index in [4.69, 9.17) is 16.7 Å². The van der Waals surface area contributed by atoms with Crippen molar-refractivity contribution in [2.45, 2.75) is 6.42 Å². The lowest BCUT2D eigenvalue weighted by atomic mass is 10.2. The van der Waals surface area contributed by atoms with Crippen molar-refractivity contribution in [3.63, 3.8) is 0 Å². The summed E-state index contributed by atoms with van der Waals surface area (Å²) in [5, 5.41) is 18.6. The summed E-state index contributed by atoms with van der Waals surface area (Å²) in [7, 11) is 0. The Morgan fingerprint density at radius 3 is 2.76 bits per heavy atom. The summed E-state index contributed by atoms with van der Waals surface area (Å²) in [6.07, 6.45) is 0.720. The predicted molar refractivity (Wildman–Crippen MR) is 83.5 cm³/mol. The number of nitrogens with one attached hydrogen (secondary N) is 2. The second-order valence-corrected chi connectivity index (χ2v) is 5.47. The minimum atomic E-state index is -1.12. The summed E-state index contributed by atoms with van der Waals surface area (Å²) in [5.41, 5.74) is 1.31. The number of carbonyl (C=O) groups excluding carboxylic acids is 1. The number of carboxylic acids is 1. The largest absolute Gasteiger partial charge is 0.478 e. The van der Waals surface area contributed by atoms with E-state index in [1.165, 1.54) is 18.2 Å². The molecule has 0 unspecified atom stereocenters. The van der Waals surface area contributed by atoms with Crippen LogP contribution in [0.2, 0.25) is 5.02 Å². The predicted octanol–water partition coefficient (Wildman–Crippen LogP) is 3.46. The Kier molecular flexibility index (Phi) is 5.19. The smallest absolute Gasteiger partial charge is 0.337 e. The summed E-state index contributed by atoms with van der Waals surface area (Å²) in [6.45, 7) is 0.464. The van der Waals surface area contributed by atoms with Crippen molar-refractivity contribution in [2.75, 3.05) is 11.9 Å². The van der Waals surface area contributed by atoms with Crippen molar-refractivity contribution in [2.24, 2.45) is 0 Å². The van der Waals surface area contributed by atoms with Gasteiger partial charge >= 0.3 is 12.0 Å². The number of hydrogen-bond acceptors (Lipinski definition) is 3. The number of thiophene rings is 1. The molecule has 0 radical (unpaired) electrons. The van der Waals surface area contributed by atoms with Crippen LogP contribution >= 0.6 is 22.9 Å². The quantitative estimate of drug-likeness (QED) is 0.788. The molecule has 0 aliphatic heterocycles. The Balaban J connectivity index is 1.93. The van der Waals surface area contributed by atoms with Gasteiger partial charge < -0.3 is 15.7 Å². The van der Waals surface area contributed by atoms with Crippen molar-refractivity contribution in [1.29, 1.82) is 0 Å². The molecule has 7 heteroatoms. The third-order valence-electron chi connectivity index (χ3n) is 2.74. The number of hydrogen-bond donors (Lipinski definition) is 3. The van der Waals surface area contributed by atoms with E-state index in [9.17, 15) is 9.59 Å². The molecule has 110 valence electrons. The topological polar surface area (TPSA) is 78.4 Å². The van der Waals surface area contributed by atoms with Crippen LogP contribution in [0.25, 0.3) is 0 Å². The first kappa shape index (κ1) is 15.3. The molecule has 0 saturated carbocycles. The first-order valence-corrected chi connectivity index (χ1v) is 7.47. The van der Waals surface area contributed by atoms with Crippen LogP contribution in [0.1, 0.15) is 15.9 Å². The van der Waals surface area contributed by atoms with E-state index in [2.05, 4.69) is 10.6 Å². The maximum atomic E-state index is 11.8. The van der Waals surface area contributed by atoms with E-state index in [0.29, 0.717) is 11.6 Å². The highest BCUT2D eigenvalue weighted by Crippen LogP contribution is 2.21. The lowest BCUT2D eigenvalue weighted by molar-refractivity contribution is 0.0698. The SMILES string of the molecule is O=C(NCCc1ccsc1)Nc1cc(Cl)ccc1C(=O)O. The monoisotopic (exact) mass is 324 g/mol. The number of aromatic carboxylic acids is 1. The second-order valence-electron chi connectivity index (χ2n) is 4.26. The molecule has 0 fully saturated rings. The molecule has 0 spiro atoms. The summed E-state index contributed by atoms with van der Waals surface area (Å²) >= 11 is 7.41. The fourth-order valence-corrected chi connectivity index (χ4v) is 2.60. The molecule has 0 aliphatic rings. The van der Waals surface area contributed by atoms with Gasteiger partial charge in [-0.15, -0.1) is 0 Å². The third-order valence-corrected chi connectivity index (χ3v) is 3.71. The highest BCUT2D eigenvalue weighted by Gasteiger charge is 2.12. The van der Waals surface area contributed by atoms with Gasteiger partial charge in [-0.1, -0.05) is 11.6 Å². The summed E-state index contributed by atoms with van der Waals surface area (Å²) in [6, 6.07) is 5.75. The number of urea groups is 1. The zero-order valence-corrected chi connectivity index (χ0v) is 12.5. The average Bonchev–Trinajstić information content (AvgIpc) is 2.91. The van der Waals surface area contributed by atoms with E-state index in [0.717, 1.165) is 12.0 Å². The van der Waals surface area contributed by atoms with E-state index in [1.807, 2.05) is 16.8 Å². The minimum absolute atomic E-state index is 0.00705. The van der Waals surface area contributed by atoms with Gasteiger partial charge in [0.15, 0.2) is 0 Å². The number of halogens is 1. The van der Waals surface area contributed by atoms with E-state index >= 15 is 0 Å².